The zero-order valence-electron chi connectivity index (χ0n) is 7.11. The van der Waals surface area contributed by atoms with E-state index in [0.29, 0.717) is 0 Å². The Morgan fingerprint density at radius 1 is 1.40 bits per heavy atom. The lowest BCUT2D eigenvalue weighted by molar-refractivity contribution is 0.0895. The van der Waals surface area contributed by atoms with Gasteiger partial charge in [-0.05, 0) is 19.8 Å². The van der Waals surface area contributed by atoms with Crippen molar-refractivity contribution >= 4 is 0 Å². The van der Waals surface area contributed by atoms with Crippen LogP contribution in [0.4, 0.5) is 0 Å². The van der Waals surface area contributed by atoms with Crippen molar-refractivity contribution in [3.8, 4) is 11.8 Å². The lowest BCUT2D eigenvalue weighted by Gasteiger charge is -2.07. The van der Waals surface area contributed by atoms with Crippen LogP contribution in [0.5, 0.6) is 0 Å². The minimum absolute atomic E-state index is 0.157. The summed E-state index contributed by atoms with van der Waals surface area (Å²) in [5.41, 5.74) is 0. The first-order valence-corrected chi connectivity index (χ1v) is 3.89. The molecule has 1 unspecified atom stereocenters. The van der Waals surface area contributed by atoms with Crippen molar-refractivity contribution in [3.63, 3.8) is 0 Å². The third kappa shape index (κ3) is 4.40. The fraction of sp³-hybridized carbons (Fsp3) is 0.778. The average Bonchev–Trinajstić information content (AvgIpc) is 1.98. The monoisotopic (exact) mass is 140 g/mol. The quantitative estimate of drug-likeness (QED) is 0.544. The topological polar surface area (TPSA) is 9.23 Å². The molecule has 1 nitrogen and oxygen atoms in total. The fourth-order valence-corrected chi connectivity index (χ4v) is 0.683. The fourth-order valence-electron chi connectivity index (χ4n) is 0.683. The first-order valence-electron chi connectivity index (χ1n) is 3.89. The van der Waals surface area contributed by atoms with E-state index in [9.17, 15) is 0 Å². The first kappa shape index (κ1) is 9.52. The average molecular weight is 140 g/mol. The van der Waals surface area contributed by atoms with Crippen molar-refractivity contribution in [3.05, 3.63) is 0 Å². The van der Waals surface area contributed by atoms with Crippen LogP contribution in [-0.2, 0) is 4.74 Å². The Hall–Kier alpha value is -0.480. The van der Waals surface area contributed by atoms with E-state index in [0.717, 1.165) is 19.4 Å². The second kappa shape index (κ2) is 6.64. The molecule has 0 saturated carbocycles. The molecule has 0 amide bonds. The molecule has 0 aliphatic rings. The molecule has 1 atom stereocenters. The summed E-state index contributed by atoms with van der Waals surface area (Å²) in [7, 11) is 0. The van der Waals surface area contributed by atoms with Crippen molar-refractivity contribution in [1.29, 1.82) is 0 Å². The number of hydrogen-bond acceptors (Lipinski definition) is 1. The SMILES string of the molecule is CC#CC(CC)OCCC. The second-order valence-corrected chi connectivity index (χ2v) is 2.16. The molecule has 0 aromatic rings. The van der Waals surface area contributed by atoms with E-state index in [1.54, 1.807) is 0 Å². The van der Waals surface area contributed by atoms with E-state index < -0.39 is 0 Å². The maximum atomic E-state index is 5.41. The minimum Gasteiger partial charge on any atom is -0.366 e. The van der Waals surface area contributed by atoms with Crippen LogP contribution >= 0.6 is 0 Å². The van der Waals surface area contributed by atoms with Crippen molar-refractivity contribution in [2.24, 2.45) is 0 Å². The van der Waals surface area contributed by atoms with E-state index >= 15 is 0 Å². The molecule has 0 aromatic carbocycles. The zero-order chi connectivity index (χ0) is 7.82. The lowest BCUT2D eigenvalue weighted by Crippen LogP contribution is -2.09. The van der Waals surface area contributed by atoms with Gasteiger partial charge in [0, 0.05) is 6.61 Å². The summed E-state index contributed by atoms with van der Waals surface area (Å²) < 4.78 is 5.41. The van der Waals surface area contributed by atoms with Crippen molar-refractivity contribution in [2.45, 2.75) is 39.7 Å². The van der Waals surface area contributed by atoms with E-state index in [4.69, 9.17) is 4.74 Å². The molecule has 0 rings (SSSR count). The highest BCUT2D eigenvalue weighted by molar-refractivity contribution is 5.01. The van der Waals surface area contributed by atoms with Gasteiger partial charge >= 0.3 is 0 Å². The molecule has 0 heterocycles. The predicted molar refractivity (Wildman–Crippen MR) is 43.8 cm³/mol. The Bertz CT molecular complexity index is 118. The van der Waals surface area contributed by atoms with E-state index in [2.05, 4.69) is 25.7 Å². The minimum atomic E-state index is 0.157. The van der Waals surface area contributed by atoms with Crippen molar-refractivity contribution in [2.75, 3.05) is 6.61 Å². The van der Waals surface area contributed by atoms with Gasteiger partial charge in [0.2, 0.25) is 0 Å². The highest BCUT2D eigenvalue weighted by atomic mass is 16.5. The second-order valence-electron chi connectivity index (χ2n) is 2.16. The van der Waals surface area contributed by atoms with Gasteiger partial charge in [0.05, 0.1) is 0 Å². The summed E-state index contributed by atoms with van der Waals surface area (Å²) in [6.45, 7) is 6.86. The van der Waals surface area contributed by atoms with Crippen molar-refractivity contribution in [1.82, 2.24) is 0 Å². The molecular weight excluding hydrogens is 124 g/mol. The predicted octanol–water partition coefficient (Wildman–Crippen LogP) is 2.21. The van der Waals surface area contributed by atoms with Crippen LogP contribution in [0.3, 0.4) is 0 Å². The summed E-state index contributed by atoms with van der Waals surface area (Å²) in [6.07, 6.45) is 2.22. The molecule has 0 fully saturated rings. The molecule has 0 aliphatic heterocycles. The standard InChI is InChI=1S/C9H16O/c1-4-7-9(6-3)10-8-5-2/h9H,5-6,8H2,1-3H3. The Balaban J connectivity index is 3.46. The Labute approximate surface area is 63.8 Å². The summed E-state index contributed by atoms with van der Waals surface area (Å²) in [5, 5.41) is 0. The molecule has 0 aliphatic carbocycles. The molecule has 0 spiro atoms. The van der Waals surface area contributed by atoms with E-state index in [1.165, 1.54) is 0 Å². The maximum absolute atomic E-state index is 5.41. The van der Waals surface area contributed by atoms with Gasteiger partial charge < -0.3 is 4.74 Å². The molecule has 10 heavy (non-hydrogen) atoms. The van der Waals surface area contributed by atoms with Gasteiger partial charge in [0.1, 0.15) is 6.10 Å². The molecule has 0 saturated heterocycles. The van der Waals surface area contributed by atoms with Gasteiger partial charge in [-0.3, -0.25) is 0 Å². The molecule has 0 N–H and O–H groups in total. The third-order valence-electron chi connectivity index (χ3n) is 1.20. The smallest absolute Gasteiger partial charge is 0.117 e. The van der Waals surface area contributed by atoms with Gasteiger partial charge in [-0.2, -0.15) is 0 Å². The number of hydrogen-bond donors (Lipinski definition) is 0. The summed E-state index contributed by atoms with van der Waals surface area (Å²) in [4.78, 5) is 0. The summed E-state index contributed by atoms with van der Waals surface area (Å²) in [5.74, 6) is 5.85. The van der Waals surface area contributed by atoms with E-state index in [1.807, 2.05) is 6.92 Å². The van der Waals surface area contributed by atoms with Gasteiger partial charge in [-0.25, -0.2) is 0 Å². The Morgan fingerprint density at radius 2 is 2.10 bits per heavy atom. The normalized spacial score (nSPS) is 11.9. The van der Waals surface area contributed by atoms with Gasteiger partial charge in [0.25, 0.3) is 0 Å². The first-order chi connectivity index (χ1) is 4.85. The third-order valence-corrected chi connectivity index (χ3v) is 1.20. The molecule has 58 valence electrons. The van der Waals surface area contributed by atoms with Gasteiger partial charge in [-0.15, -0.1) is 5.92 Å². The van der Waals surface area contributed by atoms with Crippen molar-refractivity contribution < 1.29 is 4.74 Å². The number of ether oxygens (including phenoxy) is 1. The maximum Gasteiger partial charge on any atom is 0.117 e. The van der Waals surface area contributed by atoms with Crippen LogP contribution in [0.1, 0.15) is 33.6 Å². The highest BCUT2D eigenvalue weighted by Crippen LogP contribution is 1.96. The highest BCUT2D eigenvalue weighted by Gasteiger charge is 1.98. The Kier molecular flexibility index (Phi) is 6.32. The molecule has 0 aromatic heterocycles. The van der Waals surface area contributed by atoms with Crippen LogP contribution in [0, 0.1) is 11.8 Å². The zero-order valence-corrected chi connectivity index (χ0v) is 7.11. The van der Waals surface area contributed by atoms with Crippen LogP contribution in [0.2, 0.25) is 0 Å². The van der Waals surface area contributed by atoms with Crippen LogP contribution in [-0.4, -0.2) is 12.7 Å². The number of rotatable bonds is 4. The van der Waals surface area contributed by atoms with Crippen LogP contribution < -0.4 is 0 Å². The van der Waals surface area contributed by atoms with Crippen LogP contribution in [0.15, 0.2) is 0 Å². The van der Waals surface area contributed by atoms with Gasteiger partial charge in [0.15, 0.2) is 0 Å². The molecule has 0 bridgehead atoms. The van der Waals surface area contributed by atoms with Crippen LogP contribution in [0.25, 0.3) is 0 Å². The van der Waals surface area contributed by atoms with E-state index in [-0.39, 0.29) is 6.10 Å². The Morgan fingerprint density at radius 3 is 2.50 bits per heavy atom. The molecule has 1 heteroatoms. The summed E-state index contributed by atoms with van der Waals surface area (Å²) in [6, 6.07) is 0. The molecule has 0 radical (unpaired) electrons. The molecular formula is C9H16O. The summed E-state index contributed by atoms with van der Waals surface area (Å²) >= 11 is 0. The lowest BCUT2D eigenvalue weighted by atomic mass is 10.3. The largest absolute Gasteiger partial charge is 0.366 e. The van der Waals surface area contributed by atoms with Gasteiger partial charge in [-0.1, -0.05) is 19.8 Å².